The van der Waals surface area contributed by atoms with Crippen LogP contribution < -0.4 is 28.6 Å². The fourth-order valence-corrected chi connectivity index (χ4v) is 13.5. The lowest BCUT2D eigenvalue weighted by atomic mass is 9.83. The summed E-state index contributed by atoms with van der Waals surface area (Å²) in [4.78, 5) is 14.7. The lowest BCUT2D eigenvalue weighted by Gasteiger charge is -2.23. The Morgan fingerprint density at radius 3 is 1.25 bits per heavy atom. The van der Waals surface area contributed by atoms with E-state index in [1.807, 2.05) is 158 Å². The molecule has 3 heterocycles. The molecule has 13 aromatic rings. The van der Waals surface area contributed by atoms with Crippen LogP contribution in [0.25, 0.3) is 16.6 Å². The zero-order valence-corrected chi connectivity index (χ0v) is 88.1. The zero-order chi connectivity index (χ0) is 101. The molecule has 134 heavy (non-hydrogen) atoms. The largest absolute Gasteiger partial charge is 0.508 e. The Balaban J connectivity index is 0.000000312. The van der Waals surface area contributed by atoms with Gasteiger partial charge in [0.2, 0.25) is 0 Å². The Bertz CT molecular complexity index is 5570. The second-order valence-corrected chi connectivity index (χ2v) is 43.7. The molecule has 13 rings (SSSR count). The molecular formula is C117H163N7O10. The second kappa shape index (κ2) is 50.3. The summed E-state index contributed by atoms with van der Waals surface area (Å²) in [5, 5.41) is 52.3. The van der Waals surface area contributed by atoms with E-state index >= 15 is 0 Å². The lowest BCUT2D eigenvalue weighted by Crippen LogP contribution is -2.16. The molecule has 0 unspecified atom stereocenters. The topological polar surface area (TPSA) is 212 Å². The number of phenolic OH excluding ortho intramolecular Hbond substituents is 4. The number of phenols is 4. The predicted octanol–water partition coefficient (Wildman–Crippen LogP) is 28.7. The van der Waals surface area contributed by atoms with Gasteiger partial charge in [0.15, 0.2) is 23.0 Å². The van der Waals surface area contributed by atoms with E-state index in [-0.39, 0.29) is 83.8 Å². The number of aliphatic hydroxyl groups excluding tert-OH is 1. The highest BCUT2D eigenvalue weighted by atomic mass is 16.5. The van der Waals surface area contributed by atoms with Crippen LogP contribution in [0.5, 0.6) is 51.7 Å². The molecule has 0 aliphatic heterocycles. The van der Waals surface area contributed by atoms with Crippen LogP contribution in [0, 0.1) is 0 Å². The molecule has 0 saturated heterocycles. The first kappa shape index (κ1) is 114. The van der Waals surface area contributed by atoms with Crippen LogP contribution in [0.4, 0.5) is 5.69 Å². The van der Waals surface area contributed by atoms with Crippen LogP contribution in [-0.2, 0) is 74.4 Å². The Kier molecular flexibility index (Phi) is 42.9. The first-order valence-electron chi connectivity index (χ1n) is 46.0. The molecule has 0 atom stereocenters. The minimum atomic E-state index is -0.227. The first-order chi connectivity index (χ1) is 62.0. The fourth-order valence-electron chi connectivity index (χ4n) is 13.5. The summed E-state index contributed by atoms with van der Waals surface area (Å²) in [5.41, 5.74) is 16.8. The van der Waals surface area contributed by atoms with Gasteiger partial charge in [-0.25, -0.2) is 14.6 Å². The van der Waals surface area contributed by atoms with Gasteiger partial charge in [-0.15, -0.1) is 0 Å². The molecule has 0 aliphatic rings. The van der Waals surface area contributed by atoms with Crippen molar-refractivity contribution in [1.82, 2.24) is 29.3 Å². The fraction of sp³-hybridized carbons (Fsp3) is 0.419. The summed E-state index contributed by atoms with van der Waals surface area (Å²) >= 11 is 0. The molecule has 0 saturated carbocycles. The Hall–Kier alpha value is -12.1. The zero-order valence-electron chi connectivity index (χ0n) is 88.1. The van der Waals surface area contributed by atoms with E-state index in [0.29, 0.717) is 12.2 Å². The van der Waals surface area contributed by atoms with Crippen molar-refractivity contribution in [3.8, 4) is 57.4 Å². The summed E-state index contributed by atoms with van der Waals surface area (Å²) in [5.74, 6) is 5.57. The highest BCUT2D eigenvalue weighted by molar-refractivity contribution is 5.79. The van der Waals surface area contributed by atoms with Gasteiger partial charge >= 0.3 is 0 Å². The number of benzene rings is 10. The lowest BCUT2D eigenvalue weighted by molar-refractivity contribution is 0.270. The van der Waals surface area contributed by atoms with E-state index in [0.717, 1.165) is 62.5 Å². The molecule has 0 radical (unpaired) electrons. The third-order valence-corrected chi connectivity index (χ3v) is 21.7. The maximum absolute atomic E-state index is 9.48. The molecule has 726 valence electrons. The van der Waals surface area contributed by atoms with Gasteiger partial charge in [-0.2, -0.15) is 5.10 Å². The number of aromatic nitrogens is 6. The van der Waals surface area contributed by atoms with Crippen molar-refractivity contribution in [2.24, 2.45) is 7.05 Å². The van der Waals surface area contributed by atoms with Crippen molar-refractivity contribution < 1.29 is 49.2 Å². The number of ether oxygens (including phenoxy) is 5. The first-order valence-corrected chi connectivity index (χ1v) is 46.0. The van der Waals surface area contributed by atoms with E-state index in [9.17, 15) is 25.5 Å². The van der Waals surface area contributed by atoms with Gasteiger partial charge in [0.25, 0.3) is 0 Å². The number of anilines is 1. The molecule has 3 aromatic heterocycles. The van der Waals surface area contributed by atoms with Gasteiger partial charge in [-0.05, 0) is 190 Å². The Labute approximate surface area is 806 Å². The normalized spacial score (nSPS) is 11.5. The van der Waals surface area contributed by atoms with Crippen molar-refractivity contribution in [3.63, 3.8) is 0 Å². The summed E-state index contributed by atoms with van der Waals surface area (Å²) in [6.45, 7) is 65.0. The van der Waals surface area contributed by atoms with E-state index in [2.05, 4.69) is 319 Å². The Morgan fingerprint density at radius 2 is 0.821 bits per heavy atom. The van der Waals surface area contributed by atoms with Crippen LogP contribution in [0.1, 0.15) is 275 Å². The maximum Gasteiger partial charge on any atom is 0.161 e. The molecule has 0 aliphatic carbocycles. The number of hydrogen-bond donors (Lipinski definition) is 5. The molecule has 10 aromatic carbocycles. The molecule has 0 amide bonds. The summed E-state index contributed by atoms with van der Waals surface area (Å²) in [6, 6.07) is 76.1. The number of rotatable bonds is 10. The van der Waals surface area contributed by atoms with Crippen LogP contribution >= 0.6 is 0 Å². The average Bonchev–Trinajstić information content (AvgIpc) is 1.30. The molecule has 0 spiro atoms. The number of nitrogens with zero attached hydrogens (tertiary/aromatic N) is 7. The number of pyridine rings is 1. The minimum Gasteiger partial charge on any atom is -0.508 e. The van der Waals surface area contributed by atoms with Gasteiger partial charge in [0.05, 0.1) is 46.3 Å². The smallest absolute Gasteiger partial charge is 0.161 e. The minimum absolute atomic E-state index is 0.00926. The van der Waals surface area contributed by atoms with Crippen LogP contribution in [0.3, 0.4) is 0 Å². The van der Waals surface area contributed by atoms with E-state index in [1.165, 1.54) is 62.4 Å². The van der Waals surface area contributed by atoms with Gasteiger partial charge in [-0.1, -0.05) is 341 Å². The van der Waals surface area contributed by atoms with Crippen LogP contribution in [-0.4, -0.2) is 97.4 Å². The predicted molar refractivity (Wildman–Crippen MR) is 562 cm³/mol. The van der Waals surface area contributed by atoms with Crippen LogP contribution in [0.2, 0.25) is 0 Å². The number of methoxy groups -OCH3 is 4. The van der Waals surface area contributed by atoms with Crippen molar-refractivity contribution in [3.05, 3.63) is 329 Å². The average molecular weight is 1830 g/mol. The molecule has 17 heteroatoms. The van der Waals surface area contributed by atoms with E-state index < -0.39 is 0 Å². The van der Waals surface area contributed by atoms with Gasteiger partial charge < -0.3 is 58.7 Å². The van der Waals surface area contributed by atoms with Crippen LogP contribution in [0.15, 0.2) is 262 Å². The van der Waals surface area contributed by atoms with Crippen molar-refractivity contribution in [2.75, 3.05) is 47.4 Å². The molecule has 0 bridgehead atoms. The molecule has 17 nitrogen and oxygen atoms in total. The SMILES string of the molecule is CC(C)(C)c1c(O)cccc1O.CC(C)(C)c1ccc(-n2cncn2)cc1.CC(C)(C)c1ccc(OCc2ccccc2)cc1.CC(C)(C)c1cccc(O)c1O.CC(C)(C)c1cnc2ccccc2c1.CN(C)c1ccc(C(C)(C)C)cc1.COc1ccc(C(C)(C)C)cc1OC.COc1cccc(C(C)(C)C)c1.COc1cccc(C(C)(C)C)c1CO.Cn1ccnc1C(C)(C)C. The van der Waals surface area contributed by atoms with Gasteiger partial charge in [-0.3, -0.25) is 4.98 Å². The molecular weight excluding hydrogens is 1660 g/mol. The quantitative estimate of drug-likeness (QED) is 0.0806. The van der Waals surface area contributed by atoms with Crippen molar-refractivity contribution >= 4 is 16.6 Å². The van der Waals surface area contributed by atoms with E-state index in [4.69, 9.17) is 23.7 Å². The number of hydrogen-bond acceptors (Lipinski definition) is 15. The number of imidazole rings is 1. The van der Waals surface area contributed by atoms with Crippen molar-refractivity contribution in [2.45, 2.75) is 275 Å². The summed E-state index contributed by atoms with van der Waals surface area (Å²) in [6.07, 6.45) is 9.02. The monoisotopic (exact) mass is 1830 g/mol. The van der Waals surface area contributed by atoms with Gasteiger partial charge in [0.1, 0.15) is 53.8 Å². The number of aryl methyl sites for hydroxylation is 1. The highest BCUT2D eigenvalue weighted by Crippen LogP contribution is 2.40. The number of aliphatic hydroxyl groups is 1. The highest BCUT2D eigenvalue weighted by Gasteiger charge is 2.26. The number of fused-ring (bicyclic) bond motifs is 1. The third-order valence-electron chi connectivity index (χ3n) is 21.7. The summed E-state index contributed by atoms with van der Waals surface area (Å²) in [7, 11) is 12.8. The standard InChI is InChI=1S/C17H20O.C13H15N.C12H15N3.C12H19N.2C12H18O2.C11H16O.2C10H14O2.C8H14N2/c1-17(2,3)15-9-11-16(12-10-15)18-13-14-7-5-4-6-8-14;1-13(2,3)11-8-10-6-4-5-7-12(10)14-9-11;1-12(2,3)10-4-6-11(7-5-10)15-9-13-8-14-15;1-12(2,3)10-6-8-11(9-7-10)13(4)5;1-12(2,3)9-6-7-10(13-4)11(8-9)14-5;1-12(2,3)10-6-5-7-11(14-4)9(10)8-13;1-11(2,3)9-6-5-7-10(8-9)12-4;1-10(2,3)9-7(11)5-4-6-8(9)12;1-10(2,3)7-5-4-6-8(11)9(7)12;1-8(2,3)7-9-5-6-10(7)4/h4-12H,13H2,1-3H3;4-9H,1-3H3;4-9H,1-3H3;6-9H,1-5H3;6-8H,1-5H3;5-7,13H,8H2,1-4H3;5-8H,1-4H3;2*4-6,11-12H,1-3H3;5-6H,1-4H3. The molecule has 0 fully saturated rings. The van der Waals surface area contributed by atoms with E-state index in [1.54, 1.807) is 63.7 Å². The van der Waals surface area contributed by atoms with Crippen molar-refractivity contribution in [1.29, 1.82) is 0 Å². The number of para-hydroxylation sites is 2. The molecule has 5 N–H and O–H groups in total. The Morgan fingerprint density at radius 1 is 0.366 bits per heavy atom. The number of aromatic hydroxyl groups is 4. The van der Waals surface area contributed by atoms with Gasteiger partial charge in [0, 0.05) is 72.9 Å². The maximum atomic E-state index is 9.48. The summed E-state index contributed by atoms with van der Waals surface area (Å²) < 4.78 is 30.4. The third kappa shape index (κ3) is 38.1. The second-order valence-electron chi connectivity index (χ2n) is 43.7.